The summed E-state index contributed by atoms with van der Waals surface area (Å²) in [7, 11) is 1.66. The zero-order valence-corrected chi connectivity index (χ0v) is 17.0. The molecule has 8 heteroatoms. The third-order valence-electron chi connectivity index (χ3n) is 5.30. The number of benzene rings is 1. The Balaban J connectivity index is 1.53. The van der Waals surface area contributed by atoms with Gasteiger partial charge in [-0.2, -0.15) is 4.98 Å². The molecule has 0 spiro atoms. The molecule has 3 aromatic rings. The van der Waals surface area contributed by atoms with Crippen molar-refractivity contribution in [1.82, 2.24) is 24.6 Å². The van der Waals surface area contributed by atoms with Gasteiger partial charge in [0.2, 0.25) is 5.89 Å². The lowest BCUT2D eigenvalue weighted by Gasteiger charge is -2.31. The van der Waals surface area contributed by atoms with E-state index in [-0.39, 0.29) is 17.4 Å². The van der Waals surface area contributed by atoms with E-state index in [4.69, 9.17) is 4.52 Å². The zero-order chi connectivity index (χ0) is 20.5. The van der Waals surface area contributed by atoms with Crippen LogP contribution in [0.1, 0.15) is 54.7 Å². The lowest BCUT2D eigenvalue weighted by Crippen LogP contribution is -2.39. The number of carbonyl (C=O) groups is 1. The van der Waals surface area contributed by atoms with Crippen LogP contribution in [0, 0.1) is 5.92 Å². The molecule has 4 rings (SSSR count). The van der Waals surface area contributed by atoms with Crippen LogP contribution in [0.4, 0.5) is 0 Å². The van der Waals surface area contributed by atoms with Crippen LogP contribution >= 0.6 is 0 Å². The van der Waals surface area contributed by atoms with Gasteiger partial charge in [0.1, 0.15) is 0 Å². The zero-order valence-electron chi connectivity index (χ0n) is 17.0. The third-order valence-corrected chi connectivity index (χ3v) is 5.30. The van der Waals surface area contributed by atoms with Gasteiger partial charge in [-0.3, -0.25) is 9.59 Å². The van der Waals surface area contributed by atoms with Crippen LogP contribution in [0.25, 0.3) is 10.9 Å². The van der Waals surface area contributed by atoms with E-state index in [9.17, 15) is 9.59 Å². The molecular weight excluding hydrogens is 370 g/mol. The van der Waals surface area contributed by atoms with Crippen molar-refractivity contribution in [3.8, 4) is 0 Å². The monoisotopic (exact) mass is 395 g/mol. The van der Waals surface area contributed by atoms with Gasteiger partial charge in [0.25, 0.3) is 11.5 Å². The highest BCUT2D eigenvalue weighted by Gasteiger charge is 2.29. The van der Waals surface area contributed by atoms with Crippen LogP contribution in [-0.2, 0) is 13.5 Å². The van der Waals surface area contributed by atoms with Gasteiger partial charge in [0.15, 0.2) is 5.82 Å². The fraction of sp³-hybridized carbons (Fsp3) is 0.476. The normalized spacial score (nSPS) is 17.2. The van der Waals surface area contributed by atoms with Crippen molar-refractivity contribution in [2.24, 2.45) is 13.0 Å². The number of nitrogens with zero attached hydrogens (tertiary/aromatic N) is 5. The van der Waals surface area contributed by atoms with Crippen LogP contribution in [-0.4, -0.2) is 43.6 Å². The summed E-state index contributed by atoms with van der Waals surface area (Å²) in [4.78, 5) is 35.9. The minimum atomic E-state index is -0.124. The van der Waals surface area contributed by atoms with E-state index in [0.717, 1.165) is 25.1 Å². The van der Waals surface area contributed by atoms with Crippen LogP contribution in [0.15, 0.2) is 33.8 Å². The highest BCUT2D eigenvalue weighted by atomic mass is 16.5. The molecule has 1 atom stereocenters. The molecule has 1 aliphatic rings. The number of carbonyl (C=O) groups excluding carboxylic acids is 1. The predicted molar refractivity (Wildman–Crippen MR) is 108 cm³/mol. The van der Waals surface area contributed by atoms with Crippen molar-refractivity contribution in [3.05, 3.63) is 52.2 Å². The van der Waals surface area contributed by atoms with Crippen molar-refractivity contribution < 1.29 is 9.32 Å². The molecule has 152 valence electrons. The van der Waals surface area contributed by atoms with Gasteiger partial charge in [0.05, 0.1) is 23.1 Å². The van der Waals surface area contributed by atoms with Crippen molar-refractivity contribution in [3.63, 3.8) is 0 Å². The second-order valence-corrected chi connectivity index (χ2v) is 8.13. The molecule has 2 aromatic heterocycles. The Bertz CT molecular complexity index is 1100. The van der Waals surface area contributed by atoms with E-state index in [2.05, 4.69) is 29.0 Å². The molecule has 29 heavy (non-hydrogen) atoms. The van der Waals surface area contributed by atoms with Crippen molar-refractivity contribution in [2.45, 2.75) is 39.0 Å². The summed E-state index contributed by atoms with van der Waals surface area (Å²) in [5.41, 5.74) is 0.938. The van der Waals surface area contributed by atoms with Gasteiger partial charge >= 0.3 is 0 Å². The minimum Gasteiger partial charge on any atom is -0.339 e. The van der Waals surface area contributed by atoms with Gasteiger partial charge in [-0.15, -0.1) is 0 Å². The van der Waals surface area contributed by atoms with E-state index in [1.54, 1.807) is 25.2 Å². The van der Waals surface area contributed by atoms with Crippen molar-refractivity contribution >= 4 is 16.8 Å². The first-order valence-electron chi connectivity index (χ1n) is 9.99. The SMILES string of the molecule is CC(C)Cc1noc(C2CCCN(C(=O)c3ccc4c(=O)n(C)cnc4c3)C2)n1. The Morgan fingerprint density at radius 2 is 2.17 bits per heavy atom. The minimum absolute atomic E-state index is 0.0481. The number of likely N-dealkylation sites (tertiary alicyclic amines) is 1. The largest absolute Gasteiger partial charge is 0.339 e. The summed E-state index contributed by atoms with van der Waals surface area (Å²) in [6.07, 6.45) is 4.05. The Hall–Kier alpha value is -3.03. The van der Waals surface area contributed by atoms with E-state index < -0.39 is 0 Å². The van der Waals surface area contributed by atoms with Crippen LogP contribution in [0.2, 0.25) is 0 Å². The first-order valence-corrected chi connectivity index (χ1v) is 9.99. The molecule has 3 heterocycles. The number of aromatic nitrogens is 4. The van der Waals surface area contributed by atoms with Gasteiger partial charge in [-0.1, -0.05) is 19.0 Å². The fourth-order valence-corrected chi connectivity index (χ4v) is 3.77. The number of piperidine rings is 1. The Morgan fingerprint density at radius 1 is 1.34 bits per heavy atom. The molecule has 1 aromatic carbocycles. The summed E-state index contributed by atoms with van der Waals surface area (Å²) >= 11 is 0. The number of aryl methyl sites for hydroxylation is 1. The lowest BCUT2D eigenvalue weighted by atomic mass is 9.97. The van der Waals surface area contributed by atoms with Crippen molar-refractivity contribution in [1.29, 1.82) is 0 Å². The smallest absolute Gasteiger partial charge is 0.260 e. The first-order chi connectivity index (χ1) is 13.9. The molecule has 0 aliphatic carbocycles. The first kappa shape index (κ1) is 19.3. The molecule has 0 N–H and O–H groups in total. The number of fused-ring (bicyclic) bond motifs is 1. The standard InChI is InChI=1S/C21H25N5O3/c1-13(2)9-18-23-19(29-24-18)15-5-4-8-26(11-15)20(27)14-6-7-16-17(10-14)22-12-25(3)21(16)28/h6-7,10,12-13,15H,4-5,8-9,11H2,1-3H3. The number of hydrogen-bond donors (Lipinski definition) is 0. The molecule has 1 fully saturated rings. The molecule has 1 unspecified atom stereocenters. The molecule has 0 bridgehead atoms. The van der Waals surface area contributed by atoms with E-state index in [1.807, 2.05) is 4.90 Å². The number of hydrogen-bond acceptors (Lipinski definition) is 6. The molecule has 0 radical (unpaired) electrons. The summed E-state index contributed by atoms with van der Waals surface area (Å²) in [5, 5.41) is 4.59. The van der Waals surface area contributed by atoms with Gasteiger partial charge in [-0.25, -0.2) is 4.98 Å². The number of amides is 1. The maximum Gasteiger partial charge on any atom is 0.260 e. The molecule has 0 saturated carbocycles. The number of rotatable bonds is 4. The van der Waals surface area contributed by atoms with E-state index in [0.29, 0.717) is 41.4 Å². The van der Waals surface area contributed by atoms with Crippen LogP contribution < -0.4 is 5.56 Å². The summed E-state index contributed by atoms with van der Waals surface area (Å²) in [5.74, 6) is 1.78. The Morgan fingerprint density at radius 3 is 2.97 bits per heavy atom. The second-order valence-electron chi connectivity index (χ2n) is 8.13. The molecule has 8 nitrogen and oxygen atoms in total. The van der Waals surface area contributed by atoms with E-state index in [1.165, 1.54) is 10.9 Å². The maximum absolute atomic E-state index is 13.1. The van der Waals surface area contributed by atoms with Crippen LogP contribution in [0.5, 0.6) is 0 Å². The Labute approximate surface area is 168 Å². The highest BCUT2D eigenvalue weighted by molar-refractivity contribution is 5.97. The summed E-state index contributed by atoms with van der Waals surface area (Å²) in [6.45, 7) is 5.46. The average Bonchev–Trinajstić information content (AvgIpc) is 3.18. The predicted octanol–water partition coefficient (Wildman–Crippen LogP) is 2.53. The fourth-order valence-electron chi connectivity index (χ4n) is 3.77. The summed E-state index contributed by atoms with van der Waals surface area (Å²) in [6, 6.07) is 5.07. The molecular formula is C21H25N5O3. The quantitative estimate of drug-likeness (QED) is 0.674. The molecule has 1 aliphatic heterocycles. The maximum atomic E-state index is 13.1. The molecule has 1 saturated heterocycles. The van der Waals surface area contributed by atoms with Gasteiger partial charge in [-0.05, 0) is 37.0 Å². The Kier molecular flexibility index (Phi) is 5.17. The lowest BCUT2D eigenvalue weighted by molar-refractivity contribution is 0.0696. The summed E-state index contributed by atoms with van der Waals surface area (Å²) < 4.78 is 6.90. The van der Waals surface area contributed by atoms with Crippen LogP contribution in [0.3, 0.4) is 0 Å². The average molecular weight is 395 g/mol. The van der Waals surface area contributed by atoms with Crippen molar-refractivity contribution in [2.75, 3.05) is 13.1 Å². The topological polar surface area (TPSA) is 94.1 Å². The van der Waals surface area contributed by atoms with Gasteiger partial charge < -0.3 is 14.0 Å². The third kappa shape index (κ3) is 3.92. The van der Waals surface area contributed by atoms with E-state index >= 15 is 0 Å². The molecule has 1 amide bonds. The highest BCUT2D eigenvalue weighted by Crippen LogP contribution is 2.27. The van der Waals surface area contributed by atoms with Gasteiger partial charge in [0, 0.05) is 32.1 Å². The second kappa shape index (κ2) is 7.77.